The SMILES string of the molecule is CCC(C)CCC(C)c1ccc(-c2ccc(C3CO3)c(C)c2F)cc1. The molecule has 2 heteroatoms. The molecule has 1 nitrogen and oxygen atoms in total. The minimum absolute atomic E-state index is 0.0947. The van der Waals surface area contributed by atoms with Gasteiger partial charge in [0.05, 0.1) is 6.61 Å². The molecule has 0 saturated carbocycles. The molecular formula is C23H29FO. The van der Waals surface area contributed by atoms with E-state index in [4.69, 9.17) is 4.74 Å². The third-order valence-electron chi connectivity index (χ3n) is 5.69. The van der Waals surface area contributed by atoms with Crippen LogP contribution in [0.5, 0.6) is 0 Å². The van der Waals surface area contributed by atoms with Gasteiger partial charge in [0.1, 0.15) is 11.9 Å². The summed E-state index contributed by atoms with van der Waals surface area (Å²) in [6.45, 7) is 9.41. The number of benzene rings is 2. The molecule has 1 aliphatic heterocycles. The van der Waals surface area contributed by atoms with Crippen molar-refractivity contribution in [1.82, 2.24) is 0 Å². The number of hydrogen-bond acceptors (Lipinski definition) is 1. The molecule has 1 saturated heterocycles. The average molecular weight is 340 g/mol. The lowest BCUT2D eigenvalue weighted by Gasteiger charge is -2.16. The van der Waals surface area contributed by atoms with Gasteiger partial charge in [0, 0.05) is 5.56 Å². The first-order chi connectivity index (χ1) is 12.0. The highest BCUT2D eigenvalue weighted by Crippen LogP contribution is 2.36. The molecule has 0 amide bonds. The lowest BCUT2D eigenvalue weighted by molar-refractivity contribution is 0.414. The van der Waals surface area contributed by atoms with Gasteiger partial charge in [-0.3, -0.25) is 0 Å². The lowest BCUT2D eigenvalue weighted by Crippen LogP contribution is -1.99. The summed E-state index contributed by atoms with van der Waals surface area (Å²) in [7, 11) is 0. The van der Waals surface area contributed by atoms with Gasteiger partial charge in [-0.05, 0) is 47.4 Å². The van der Waals surface area contributed by atoms with Gasteiger partial charge in [-0.1, -0.05) is 70.0 Å². The summed E-state index contributed by atoms with van der Waals surface area (Å²) in [5.41, 5.74) is 4.66. The van der Waals surface area contributed by atoms with E-state index in [1.165, 1.54) is 24.8 Å². The van der Waals surface area contributed by atoms with Crippen molar-refractivity contribution in [2.24, 2.45) is 5.92 Å². The van der Waals surface area contributed by atoms with Crippen molar-refractivity contribution in [1.29, 1.82) is 0 Å². The smallest absolute Gasteiger partial charge is 0.134 e. The Morgan fingerprint density at radius 2 is 1.76 bits per heavy atom. The molecule has 1 heterocycles. The van der Waals surface area contributed by atoms with Crippen molar-refractivity contribution in [2.75, 3.05) is 6.61 Å². The zero-order valence-electron chi connectivity index (χ0n) is 15.8. The summed E-state index contributed by atoms with van der Waals surface area (Å²) in [5, 5.41) is 0. The number of epoxide rings is 1. The average Bonchev–Trinajstić information content (AvgIpc) is 3.46. The maximum absolute atomic E-state index is 14.8. The summed E-state index contributed by atoms with van der Waals surface area (Å²) in [6.07, 6.45) is 3.81. The van der Waals surface area contributed by atoms with E-state index in [1.807, 2.05) is 19.1 Å². The first-order valence-electron chi connectivity index (χ1n) is 9.52. The Labute approximate surface area is 151 Å². The predicted molar refractivity (Wildman–Crippen MR) is 102 cm³/mol. The van der Waals surface area contributed by atoms with Crippen LogP contribution in [0.3, 0.4) is 0 Å². The Morgan fingerprint density at radius 1 is 1.08 bits per heavy atom. The first-order valence-corrected chi connectivity index (χ1v) is 9.52. The van der Waals surface area contributed by atoms with Crippen LogP contribution in [0.2, 0.25) is 0 Å². The Balaban J connectivity index is 1.75. The predicted octanol–water partition coefficient (Wildman–Crippen LogP) is 6.80. The van der Waals surface area contributed by atoms with Crippen molar-refractivity contribution >= 4 is 0 Å². The van der Waals surface area contributed by atoms with E-state index in [9.17, 15) is 4.39 Å². The van der Waals surface area contributed by atoms with Crippen molar-refractivity contribution < 1.29 is 9.13 Å². The number of hydrogen-bond donors (Lipinski definition) is 0. The number of ether oxygens (including phenoxy) is 1. The third-order valence-corrected chi connectivity index (χ3v) is 5.69. The maximum atomic E-state index is 14.8. The second kappa shape index (κ2) is 7.70. The van der Waals surface area contributed by atoms with E-state index in [1.54, 1.807) is 0 Å². The molecule has 134 valence electrons. The Hall–Kier alpha value is -1.67. The topological polar surface area (TPSA) is 12.5 Å². The van der Waals surface area contributed by atoms with Gasteiger partial charge in [-0.2, -0.15) is 0 Å². The second-order valence-electron chi connectivity index (χ2n) is 7.58. The summed E-state index contributed by atoms with van der Waals surface area (Å²) in [4.78, 5) is 0. The van der Waals surface area contributed by atoms with Crippen LogP contribution in [0.25, 0.3) is 11.1 Å². The van der Waals surface area contributed by atoms with Crippen LogP contribution in [0, 0.1) is 18.7 Å². The molecule has 3 unspecified atom stereocenters. The minimum atomic E-state index is -0.120. The minimum Gasteiger partial charge on any atom is -0.368 e. The van der Waals surface area contributed by atoms with Crippen LogP contribution in [0.1, 0.15) is 68.7 Å². The highest BCUT2D eigenvalue weighted by atomic mass is 19.1. The molecule has 1 aliphatic rings. The van der Waals surface area contributed by atoms with Crippen molar-refractivity contribution in [2.45, 2.75) is 59.0 Å². The molecular weight excluding hydrogens is 311 g/mol. The van der Waals surface area contributed by atoms with E-state index in [0.717, 1.165) is 17.0 Å². The summed E-state index contributed by atoms with van der Waals surface area (Å²) in [5.74, 6) is 1.21. The van der Waals surface area contributed by atoms with Gasteiger partial charge in [0.15, 0.2) is 0 Å². The first kappa shape index (κ1) is 18.1. The third kappa shape index (κ3) is 4.12. The Kier molecular flexibility index (Phi) is 5.58. The van der Waals surface area contributed by atoms with Gasteiger partial charge < -0.3 is 4.74 Å². The Morgan fingerprint density at radius 3 is 2.36 bits per heavy atom. The molecule has 0 aromatic heterocycles. The second-order valence-corrected chi connectivity index (χ2v) is 7.58. The van der Waals surface area contributed by atoms with Gasteiger partial charge >= 0.3 is 0 Å². The van der Waals surface area contributed by atoms with Crippen LogP contribution in [-0.2, 0) is 4.74 Å². The molecule has 25 heavy (non-hydrogen) atoms. The van der Waals surface area contributed by atoms with Crippen LogP contribution >= 0.6 is 0 Å². The molecule has 1 fully saturated rings. The molecule has 0 N–H and O–H groups in total. The molecule has 0 radical (unpaired) electrons. The van der Waals surface area contributed by atoms with Gasteiger partial charge in [-0.25, -0.2) is 4.39 Å². The van der Waals surface area contributed by atoms with E-state index >= 15 is 0 Å². The van der Waals surface area contributed by atoms with Crippen LogP contribution in [0.4, 0.5) is 4.39 Å². The number of rotatable bonds is 7. The molecule has 0 aliphatic carbocycles. The Bertz CT molecular complexity index is 716. The van der Waals surface area contributed by atoms with Crippen molar-refractivity contribution in [3.05, 3.63) is 58.9 Å². The maximum Gasteiger partial charge on any atom is 0.134 e. The molecule has 0 spiro atoms. The van der Waals surface area contributed by atoms with Crippen LogP contribution in [0.15, 0.2) is 36.4 Å². The summed E-state index contributed by atoms with van der Waals surface area (Å²) >= 11 is 0. The molecule has 2 aromatic carbocycles. The van der Waals surface area contributed by atoms with Gasteiger partial charge in [0.25, 0.3) is 0 Å². The zero-order chi connectivity index (χ0) is 18.0. The molecule has 3 rings (SSSR count). The fourth-order valence-corrected chi connectivity index (χ4v) is 3.40. The largest absolute Gasteiger partial charge is 0.368 e. The van der Waals surface area contributed by atoms with Crippen LogP contribution in [-0.4, -0.2) is 6.61 Å². The van der Waals surface area contributed by atoms with E-state index in [-0.39, 0.29) is 11.9 Å². The van der Waals surface area contributed by atoms with Gasteiger partial charge in [-0.15, -0.1) is 0 Å². The van der Waals surface area contributed by atoms with E-state index in [0.29, 0.717) is 23.7 Å². The highest BCUT2D eigenvalue weighted by Gasteiger charge is 2.28. The normalized spacial score (nSPS) is 18.8. The van der Waals surface area contributed by atoms with E-state index in [2.05, 4.69) is 45.0 Å². The molecule has 3 atom stereocenters. The summed E-state index contributed by atoms with van der Waals surface area (Å²) in [6, 6.07) is 12.3. The molecule has 0 bridgehead atoms. The highest BCUT2D eigenvalue weighted by molar-refractivity contribution is 5.66. The quantitative estimate of drug-likeness (QED) is 0.505. The zero-order valence-corrected chi connectivity index (χ0v) is 15.8. The van der Waals surface area contributed by atoms with Crippen molar-refractivity contribution in [3.8, 4) is 11.1 Å². The van der Waals surface area contributed by atoms with Crippen LogP contribution < -0.4 is 0 Å². The summed E-state index contributed by atoms with van der Waals surface area (Å²) < 4.78 is 20.1. The fourth-order valence-electron chi connectivity index (χ4n) is 3.40. The molecule has 2 aromatic rings. The fraction of sp³-hybridized carbons (Fsp3) is 0.478. The lowest BCUT2D eigenvalue weighted by atomic mass is 9.90. The monoisotopic (exact) mass is 340 g/mol. The van der Waals surface area contributed by atoms with E-state index < -0.39 is 0 Å². The number of halogens is 1. The standard InChI is InChI=1S/C23H29FO/c1-5-15(2)6-7-16(3)18-8-10-19(11-9-18)21-13-12-20(22-14-25-22)17(4)23(21)24/h8-13,15-16,22H,5-7,14H2,1-4H3. The van der Waals surface area contributed by atoms with Crippen molar-refractivity contribution in [3.63, 3.8) is 0 Å². The van der Waals surface area contributed by atoms with Gasteiger partial charge in [0.2, 0.25) is 0 Å².